The Morgan fingerprint density at radius 2 is 0.227 bits per heavy atom. The summed E-state index contributed by atoms with van der Waals surface area (Å²) in [5.74, 6) is 0. The van der Waals surface area contributed by atoms with Crippen molar-refractivity contribution in [2.75, 3.05) is 0 Å². The molecule has 0 aromatic carbocycles. The average molecular weight is 662 g/mol. The van der Waals surface area contributed by atoms with Gasteiger partial charge < -0.3 is 0 Å². The summed E-state index contributed by atoms with van der Waals surface area (Å²) in [6.07, 6.45) is 52.3. The van der Waals surface area contributed by atoms with Gasteiger partial charge in [-0.05, 0) is 0 Å². The molecule has 0 spiro atoms. The second-order valence-electron chi connectivity index (χ2n) is 13.6. The van der Waals surface area contributed by atoms with Crippen LogP contribution in [-0.2, 0) is 0 Å². The van der Waals surface area contributed by atoms with Gasteiger partial charge in [-0.25, -0.2) is 0 Å². The molecule has 0 aromatic heterocycles. The standard InChI is InChI=1S/3C14H30.Al.K.H/c3*1-3-5-7-9-11-13-14-12-10-8-6-4-2;;;/h3*3-14H2,1-2H3;;;. The van der Waals surface area contributed by atoms with Crippen LogP contribution in [0.4, 0.5) is 0 Å². The van der Waals surface area contributed by atoms with Crippen molar-refractivity contribution < 1.29 is 0 Å². The van der Waals surface area contributed by atoms with Crippen LogP contribution in [0.15, 0.2) is 0 Å². The second-order valence-corrected chi connectivity index (χ2v) is 13.6. The van der Waals surface area contributed by atoms with E-state index in [-0.39, 0.29) is 68.7 Å². The van der Waals surface area contributed by atoms with E-state index in [0.717, 1.165) is 0 Å². The van der Waals surface area contributed by atoms with E-state index >= 15 is 0 Å². The van der Waals surface area contributed by atoms with Crippen LogP contribution >= 0.6 is 0 Å². The van der Waals surface area contributed by atoms with Crippen molar-refractivity contribution in [2.45, 2.75) is 273 Å². The molecule has 3 radical (unpaired) electrons. The molecule has 0 aliphatic carbocycles. The summed E-state index contributed by atoms with van der Waals surface area (Å²) >= 11 is 0. The zero-order chi connectivity index (χ0) is 31.5. The first-order chi connectivity index (χ1) is 20.7. The fraction of sp³-hybridized carbons (Fsp3) is 1.00. The van der Waals surface area contributed by atoms with Gasteiger partial charge in [0.15, 0.2) is 0 Å². The SMILES string of the molecule is CCCCCCCCCCCCCC.CCCCCCCCCCCCCC.CCCCCCCCCCCCCC.[Al].[KH]. The zero-order valence-corrected chi connectivity index (χ0v) is 33.2. The van der Waals surface area contributed by atoms with E-state index in [1.807, 2.05) is 0 Å². The number of hydrogen-bond donors (Lipinski definition) is 0. The van der Waals surface area contributed by atoms with E-state index in [1.54, 1.807) is 0 Å². The summed E-state index contributed by atoms with van der Waals surface area (Å²) in [5, 5.41) is 0. The van der Waals surface area contributed by atoms with Crippen LogP contribution in [0.1, 0.15) is 273 Å². The average Bonchev–Trinajstić information content (AvgIpc) is 3.01. The Kier molecular flexibility index (Phi) is 76.4. The van der Waals surface area contributed by atoms with Gasteiger partial charge in [0.2, 0.25) is 0 Å². The fourth-order valence-corrected chi connectivity index (χ4v) is 5.74. The molecular formula is C42H91AlK. The Bertz CT molecular complexity index is 293. The number of rotatable bonds is 33. The van der Waals surface area contributed by atoms with Crippen LogP contribution in [0.2, 0.25) is 0 Å². The number of unbranched alkanes of at least 4 members (excludes halogenated alkanes) is 33. The maximum atomic E-state index is 2.29. The first kappa shape index (κ1) is 55.6. The first-order valence-corrected chi connectivity index (χ1v) is 20.7. The minimum atomic E-state index is 0. The Morgan fingerprint density at radius 3 is 0.295 bits per heavy atom. The summed E-state index contributed by atoms with van der Waals surface area (Å²) in [6, 6.07) is 0. The molecule has 0 unspecified atom stereocenters. The van der Waals surface area contributed by atoms with E-state index in [4.69, 9.17) is 0 Å². The van der Waals surface area contributed by atoms with Crippen LogP contribution < -0.4 is 0 Å². The van der Waals surface area contributed by atoms with E-state index < -0.39 is 0 Å². The van der Waals surface area contributed by atoms with Gasteiger partial charge in [-0.3, -0.25) is 0 Å². The van der Waals surface area contributed by atoms with Gasteiger partial charge in [0, 0.05) is 17.4 Å². The van der Waals surface area contributed by atoms with Crippen LogP contribution in [0.25, 0.3) is 0 Å². The first-order valence-electron chi connectivity index (χ1n) is 20.7. The molecule has 0 rings (SSSR count). The van der Waals surface area contributed by atoms with Crippen LogP contribution in [0, 0.1) is 0 Å². The van der Waals surface area contributed by atoms with Gasteiger partial charge in [0.25, 0.3) is 0 Å². The molecule has 0 fully saturated rings. The monoisotopic (exact) mass is 662 g/mol. The molecule has 0 saturated carbocycles. The molecule has 0 amide bonds. The van der Waals surface area contributed by atoms with E-state index in [1.165, 1.54) is 231 Å². The van der Waals surface area contributed by atoms with Crippen molar-refractivity contribution in [1.29, 1.82) is 0 Å². The van der Waals surface area contributed by atoms with Gasteiger partial charge in [-0.2, -0.15) is 0 Å². The Hall–Kier alpha value is 2.17. The normalized spacial score (nSPS) is 10.2. The molecule has 2 heteroatoms. The molecule has 0 N–H and O–H groups in total. The van der Waals surface area contributed by atoms with Crippen molar-refractivity contribution >= 4 is 68.7 Å². The molecule has 0 aliphatic heterocycles. The molecule has 0 nitrogen and oxygen atoms in total. The topological polar surface area (TPSA) is 0 Å². The third kappa shape index (κ3) is 66.5. The third-order valence-corrected chi connectivity index (χ3v) is 8.87. The van der Waals surface area contributed by atoms with Gasteiger partial charge in [0.05, 0.1) is 0 Å². The van der Waals surface area contributed by atoms with Crippen LogP contribution in [0.5, 0.6) is 0 Å². The van der Waals surface area contributed by atoms with E-state index in [2.05, 4.69) is 41.5 Å². The summed E-state index contributed by atoms with van der Waals surface area (Å²) < 4.78 is 0. The second kappa shape index (κ2) is 60.5. The summed E-state index contributed by atoms with van der Waals surface area (Å²) in [7, 11) is 0. The molecule has 44 heavy (non-hydrogen) atoms. The molecular weight excluding hydrogens is 571 g/mol. The minimum absolute atomic E-state index is 0. The molecule has 263 valence electrons. The van der Waals surface area contributed by atoms with E-state index in [0.29, 0.717) is 0 Å². The molecule has 0 aliphatic rings. The van der Waals surface area contributed by atoms with Crippen LogP contribution in [0.3, 0.4) is 0 Å². The maximum absolute atomic E-state index is 2.29. The van der Waals surface area contributed by atoms with Gasteiger partial charge >= 0.3 is 51.4 Å². The number of hydrogen-bond acceptors (Lipinski definition) is 0. The summed E-state index contributed by atoms with van der Waals surface area (Å²) in [6.45, 7) is 13.7. The predicted molar refractivity (Wildman–Crippen MR) is 213 cm³/mol. The molecule has 0 atom stereocenters. The Labute approximate surface area is 338 Å². The van der Waals surface area contributed by atoms with Gasteiger partial charge in [0.1, 0.15) is 0 Å². The van der Waals surface area contributed by atoms with Crippen LogP contribution in [-0.4, -0.2) is 68.7 Å². The van der Waals surface area contributed by atoms with Crippen molar-refractivity contribution in [2.24, 2.45) is 0 Å². The van der Waals surface area contributed by atoms with Crippen molar-refractivity contribution in [3.8, 4) is 0 Å². The molecule has 0 heterocycles. The Morgan fingerprint density at radius 1 is 0.159 bits per heavy atom. The predicted octanol–water partition coefficient (Wildman–Crippen LogP) is 16.1. The van der Waals surface area contributed by atoms with Gasteiger partial charge in [-0.1, -0.05) is 273 Å². The van der Waals surface area contributed by atoms with Crippen molar-refractivity contribution in [1.82, 2.24) is 0 Å². The quantitative estimate of drug-likeness (QED) is 0.0485. The summed E-state index contributed by atoms with van der Waals surface area (Å²) in [5.41, 5.74) is 0. The van der Waals surface area contributed by atoms with Gasteiger partial charge in [-0.15, -0.1) is 0 Å². The van der Waals surface area contributed by atoms with Crippen molar-refractivity contribution in [3.05, 3.63) is 0 Å². The third-order valence-electron chi connectivity index (χ3n) is 8.87. The molecule has 0 bridgehead atoms. The zero-order valence-electron chi connectivity index (χ0n) is 32.0. The molecule has 0 aromatic rings. The Balaban J connectivity index is -0.000000169. The fourth-order valence-electron chi connectivity index (χ4n) is 5.74. The summed E-state index contributed by atoms with van der Waals surface area (Å²) in [4.78, 5) is 0. The molecule has 0 saturated heterocycles. The van der Waals surface area contributed by atoms with Crippen molar-refractivity contribution in [3.63, 3.8) is 0 Å². The van der Waals surface area contributed by atoms with E-state index in [9.17, 15) is 0 Å².